The van der Waals surface area contributed by atoms with E-state index in [0.29, 0.717) is 6.42 Å². The van der Waals surface area contributed by atoms with E-state index in [-0.39, 0.29) is 0 Å². The molecule has 0 N–H and O–H groups in total. The number of hydrogen-bond acceptors (Lipinski definition) is 1. The maximum Gasteiger partial charge on any atom is 0.0622 e. The minimum absolute atomic E-state index is 0.558. The van der Waals surface area contributed by atoms with Gasteiger partial charge in [0.1, 0.15) is 0 Å². The van der Waals surface area contributed by atoms with E-state index in [4.69, 9.17) is 26.6 Å². The summed E-state index contributed by atoms with van der Waals surface area (Å²) in [5.41, 5.74) is 0. The third-order valence-electron chi connectivity index (χ3n) is 0.791. The molecule has 0 amide bonds. The SMILES string of the molecule is CS(Cl)(Cl)CCCC#N. The summed E-state index contributed by atoms with van der Waals surface area (Å²) in [6, 6.07) is 2.04. The quantitative estimate of drug-likeness (QED) is 0.621. The lowest BCUT2D eigenvalue weighted by Crippen LogP contribution is -1.86. The lowest BCUT2D eigenvalue weighted by molar-refractivity contribution is 0.981. The van der Waals surface area contributed by atoms with E-state index in [1.54, 1.807) is 0 Å². The number of hydrogen-bond donors (Lipinski definition) is 0. The fourth-order valence-electron chi connectivity index (χ4n) is 0.405. The molecule has 0 aliphatic carbocycles. The summed E-state index contributed by atoms with van der Waals surface area (Å²) in [5, 5.41) is 8.14. The van der Waals surface area contributed by atoms with Crippen LogP contribution in [-0.4, -0.2) is 12.0 Å². The Bertz CT molecular complexity index is 113. The first-order chi connectivity index (χ1) is 4.06. The average molecular weight is 186 g/mol. The molecule has 0 saturated carbocycles. The molecule has 0 spiro atoms. The minimum atomic E-state index is -1.40. The lowest BCUT2D eigenvalue weighted by atomic mass is 10.4. The third-order valence-corrected chi connectivity index (χ3v) is 2.72. The molecule has 0 aliphatic heterocycles. The highest BCUT2D eigenvalue weighted by molar-refractivity contribution is 8.65. The van der Waals surface area contributed by atoms with Gasteiger partial charge in [-0.25, -0.2) is 0 Å². The van der Waals surface area contributed by atoms with Gasteiger partial charge < -0.3 is 0 Å². The van der Waals surface area contributed by atoms with E-state index in [0.717, 1.165) is 12.2 Å². The third kappa shape index (κ3) is 8.42. The van der Waals surface area contributed by atoms with Crippen LogP contribution in [0.2, 0.25) is 0 Å². The van der Waals surface area contributed by atoms with Gasteiger partial charge in [-0.15, -0.1) is 0 Å². The molecule has 0 radical (unpaired) electrons. The summed E-state index contributed by atoms with van der Waals surface area (Å²) >= 11 is 0. The summed E-state index contributed by atoms with van der Waals surface area (Å²) in [6.45, 7) is 0. The highest BCUT2D eigenvalue weighted by Crippen LogP contribution is 2.55. The fraction of sp³-hybridized carbons (Fsp3) is 0.800. The zero-order chi connectivity index (χ0) is 7.33. The highest BCUT2D eigenvalue weighted by atomic mass is 36.0. The molecule has 0 fully saturated rings. The van der Waals surface area contributed by atoms with E-state index in [9.17, 15) is 0 Å². The molecule has 0 heterocycles. The molecule has 0 aromatic heterocycles. The first-order valence-corrected chi connectivity index (χ1v) is 6.45. The Morgan fingerprint density at radius 1 is 1.56 bits per heavy atom. The second-order valence-corrected chi connectivity index (χ2v) is 8.56. The van der Waals surface area contributed by atoms with Gasteiger partial charge in [0.15, 0.2) is 0 Å². The van der Waals surface area contributed by atoms with E-state index < -0.39 is 8.46 Å². The van der Waals surface area contributed by atoms with Crippen molar-refractivity contribution in [1.29, 1.82) is 5.26 Å². The van der Waals surface area contributed by atoms with Crippen molar-refractivity contribution < 1.29 is 0 Å². The predicted molar refractivity (Wildman–Crippen MR) is 44.9 cm³/mol. The largest absolute Gasteiger partial charge is 0.198 e. The van der Waals surface area contributed by atoms with Crippen molar-refractivity contribution in [2.24, 2.45) is 0 Å². The number of nitriles is 1. The van der Waals surface area contributed by atoms with Crippen LogP contribution >= 0.6 is 29.8 Å². The first-order valence-electron chi connectivity index (χ1n) is 2.58. The van der Waals surface area contributed by atoms with Gasteiger partial charge in [-0.1, -0.05) is 29.8 Å². The average Bonchev–Trinajstić information content (AvgIpc) is 1.63. The molecule has 0 aromatic carbocycles. The fourth-order valence-corrected chi connectivity index (χ4v) is 1.71. The number of rotatable bonds is 3. The summed E-state index contributed by atoms with van der Waals surface area (Å²) in [7, 11) is 10.0. The molecule has 0 saturated heterocycles. The number of unbranched alkanes of at least 4 members (excludes halogenated alkanes) is 1. The molecule has 4 heteroatoms. The molecule has 0 aliphatic rings. The van der Waals surface area contributed by atoms with Crippen molar-refractivity contribution in [1.82, 2.24) is 0 Å². The van der Waals surface area contributed by atoms with Gasteiger partial charge in [-0.05, 0) is 12.7 Å². The Balaban J connectivity index is 3.20. The predicted octanol–water partition coefficient (Wildman–Crippen LogP) is 3.03. The molecule has 1 nitrogen and oxygen atoms in total. The smallest absolute Gasteiger partial charge is 0.0622 e. The molecular weight excluding hydrogens is 177 g/mol. The van der Waals surface area contributed by atoms with Gasteiger partial charge in [-0.2, -0.15) is 5.26 Å². The monoisotopic (exact) mass is 185 g/mol. The van der Waals surface area contributed by atoms with Gasteiger partial charge in [-0.3, -0.25) is 0 Å². The van der Waals surface area contributed by atoms with Crippen molar-refractivity contribution in [2.75, 3.05) is 12.0 Å². The molecular formula is C5H9Cl2NS. The summed E-state index contributed by atoms with van der Waals surface area (Å²) in [6.07, 6.45) is 3.19. The molecule has 0 aromatic rings. The van der Waals surface area contributed by atoms with Gasteiger partial charge in [0.05, 0.1) is 6.07 Å². The lowest BCUT2D eigenvalue weighted by Gasteiger charge is -2.16. The van der Waals surface area contributed by atoms with E-state index in [2.05, 4.69) is 0 Å². The van der Waals surface area contributed by atoms with Gasteiger partial charge in [0.2, 0.25) is 0 Å². The Hall–Kier alpha value is 0.420. The Morgan fingerprint density at radius 3 is 2.44 bits per heavy atom. The molecule has 0 atom stereocenters. The first kappa shape index (κ1) is 9.42. The van der Waals surface area contributed by atoms with Crippen LogP contribution < -0.4 is 0 Å². The summed E-state index contributed by atoms with van der Waals surface area (Å²) in [5.74, 6) is 0.768. The van der Waals surface area contributed by atoms with Crippen molar-refractivity contribution in [3.8, 4) is 6.07 Å². The van der Waals surface area contributed by atoms with Crippen LogP contribution in [-0.2, 0) is 0 Å². The van der Waals surface area contributed by atoms with Crippen molar-refractivity contribution in [3.05, 3.63) is 0 Å². The number of nitrogens with zero attached hydrogens (tertiary/aromatic N) is 1. The van der Waals surface area contributed by atoms with E-state index >= 15 is 0 Å². The minimum Gasteiger partial charge on any atom is -0.198 e. The Kier molecular flexibility index (Phi) is 4.47. The summed E-state index contributed by atoms with van der Waals surface area (Å²) < 4.78 is 0. The zero-order valence-electron chi connectivity index (χ0n) is 5.23. The standard InChI is InChI=1S/C5H9Cl2NS/c1-9(6,7)5-3-2-4-8/h2-3,5H2,1H3. The van der Waals surface area contributed by atoms with Crippen LogP contribution in [0.4, 0.5) is 0 Å². The van der Waals surface area contributed by atoms with Crippen LogP contribution in [0.1, 0.15) is 12.8 Å². The Morgan fingerprint density at radius 2 is 2.11 bits per heavy atom. The van der Waals surface area contributed by atoms with E-state index in [1.165, 1.54) is 0 Å². The van der Waals surface area contributed by atoms with Gasteiger partial charge in [0.25, 0.3) is 0 Å². The van der Waals surface area contributed by atoms with Crippen molar-refractivity contribution in [3.63, 3.8) is 0 Å². The van der Waals surface area contributed by atoms with Crippen molar-refractivity contribution in [2.45, 2.75) is 12.8 Å². The molecule has 54 valence electrons. The zero-order valence-corrected chi connectivity index (χ0v) is 7.56. The van der Waals surface area contributed by atoms with E-state index in [1.807, 2.05) is 12.3 Å². The highest BCUT2D eigenvalue weighted by Gasteiger charge is 2.07. The van der Waals surface area contributed by atoms with Crippen molar-refractivity contribution >= 4 is 29.8 Å². The van der Waals surface area contributed by atoms with Crippen LogP contribution in [0, 0.1) is 11.3 Å². The Labute approximate surface area is 66.3 Å². The van der Waals surface area contributed by atoms with Crippen LogP contribution in [0.3, 0.4) is 0 Å². The van der Waals surface area contributed by atoms with Crippen LogP contribution in [0.5, 0.6) is 0 Å². The second kappa shape index (κ2) is 4.27. The van der Waals surface area contributed by atoms with Gasteiger partial charge in [0, 0.05) is 12.2 Å². The topological polar surface area (TPSA) is 23.8 Å². The molecule has 0 bridgehead atoms. The summed E-state index contributed by atoms with van der Waals surface area (Å²) in [4.78, 5) is 0. The molecule has 0 rings (SSSR count). The van der Waals surface area contributed by atoms with Crippen LogP contribution in [0.25, 0.3) is 0 Å². The second-order valence-electron chi connectivity index (χ2n) is 1.84. The number of halogens is 2. The van der Waals surface area contributed by atoms with Gasteiger partial charge >= 0.3 is 0 Å². The maximum absolute atomic E-state index is 8.14. The van der Waals surface area contributed by atoms with Crippen LogP contribution in [0.15, 0.2) is 0 Å². The molecule has 9 heavy (non-hydrogen) atoms. The normalized spacial score (nSPS) is 12.7. The molecule has 0 unspecified atom stereocenters. The maximum atomic E-state index is 8.14.